The molecule has 0 amide bonds. The van der Waals surface area contributed by atoms with Gasteiger partial charge in [0, 0.05) is 48.2 Å². The number of hydrogen-bond donors (Lipinski definition) is 1. The first kappa shape index (κ1) is 23.8. The average Bonchev–Trinajstić information content (AvgIpc) is 2.43. The predicted octanol–water partition coefficient (Wildman–Crippen LogP) is 6.11. The molecule has 0 heterocycles. The Morgan fingerprint density at radius 3 is 1.67 bits per heavy atom. The molecule has 2 nitrogen and oxygen atoms in total. The molecule has 0 aliphatic carbocycles. The van der Waals surface area contributed by atoms with Gasteiger partial charge in [-0.2, -0.15) is 0 Å². The fourth-order valence-corrected chi connectivity index (χ4v) is 2.35. The summed E-state index contributed by atoms with van der Waals surface area (Å²) in [4.78, 5) is 10.3. The molecule has 0 aromatic heterocycles. The summed E-state index contributed by atoms with van der Waals surface area (Å²) < 4.78 is 0. The fourth-order valence-electron chi connectivity index (χ4n) is 2.35. The molecule has 3 heteroatoms. The minimum absolute atomic E-state index is 0. The van der Waals surface area contributed by atoms with Crippen molar-refractivity contribution >= 4 is 5.97 Å². The summed E-state index contributed by atoms with van der Waals surface area (Å²) >= 11 is 0. The van der Waals surface area contributed by atoms with Crippen LogP contribution in [0.3, 0.4) is 0 Å². The van der Waals surface area contributed by atoms with Gasteiger partial charge in [-0.15, -0.1) is 0 Å². The topological polar surface area (TPSA) is 37.3 Å². The van der Waals surface area contributed by atoms with Crippen LogP contribution in [-0.4, -0.2) is 11.1 Å². The van der Waals surface area contributed by atoms with E-state index < -0.39 is 5.97 Å². The van der Waals surface area contributed by atoms with E-state index >= 15 is 0 Å². The van der Waals surface area contributed by atoms with Crippen molar-refractivity contribution in [3.63, 3.8) is 0 Å². The van der Waals surface area contributed by atoms with Crippen LogP contribution in [0.15, 0.2) is 12.2 Å². The van der Waals surface area contributed by atoms with Crippen LogP contribution < -0.4 is 0 Å². The Balaban J connectivity index is 0. The van der Waals surface area contributed by atoms with Crippen LogP contribution in [0.1, 0.15) is 96.8 Å². The second-order valence-corrected chi connectivity index (χ2v) is 5.73. The van der Waals surface area contributed by atoms with E-state index in [4.69, 9.17) is 5.11 Å². The number of unbranched alkanes of at least 4 members (excludes halogenated alkanes) is 11. The average molecular weight is 423 g/mol. The number of carbonyl (C=O) groups is 1. The van der Waals surface area contributed by atoms with Crippen LogP contribution >= 0.6 is 0 Å². The zero-order valence-corrected chi connectivity index (χ0v) is 17.0. The quantitative estimate of drug-likeness (QED) is 0.255. The van der Waals surface area contributed by atoms with Crippen molar-refractivity contribution in [2.75, 3.05) is 0 Å². The van der Waals surface area contributed by atoms with Crippen LogP contribution in [0.4, 0.5) is 0 Å². The second-order valence-electron chi connectivity index (χ2n) is 5.73. The van der Waals surface area contributed by atoms with Gasteiger partial charge >= 0.3 is 5.97 Å². The number of aliphatic carboxylic acids is 1. The van der Waals surface area contributed by atoms with Crippen molar-refractivity contribution < 1.29 is 51.6 Å². The summed E-state index contributed by atoms with van der Waals surface area (Å²) in [5.74, 6) is -0.664. The first-order chi connectivity index (χ1) is 9.77. The molecule has 0 bridgehead atoms. The molecule has 21 heavy (non-hydrogen) atoms. The third kappa shape index (κ3) is 23.0. The van der Waals surface area contributed by atoms with Gasteiger partial charge in [0.15, 0.2) is 0 Å². The zero-order valence-electron chi connectivity index (χ0n) is 13.9. The Bertz CT molecular complexity index is 239. The van der Waals surface area contributed by atoms with Crippen molar-refractivity contribution in [1.29, 1.82) is 0 Å². The van der Waals surface area contributed by atoms with Crippen molar-refractivity contribution in [2.24, 2.45) is 0 Å². The minimum Gasteiger partial charge on any atom is -0.481 e. The third-order valence-electron chi connectivity index (χ3n) is 3.65. The van der Waals surface area contributed by atoms with Gasteiger partial charge in [-0.05, 0) is 32.1 Å². The summed E-state index contributed by atoms with van der Waals surface area (Å²) in [6.07, 6.45) is 21.2. The van der Waals surface area contributed by atoms with E-state index in [2.05, 4.69) is 19.1 Å². The molecule has 0 saturated carbocycles. The molecule has 0 unspecified atom stereocenters. The summed E-state index contributed by atoms with van der Waals surface area (Å²) in [5, 5.41) is 8.51. The minimum atomic E-state index is -0.664. The van der Waals surface area contributed by atoms with Gasteiger partial charge in [0.1, 0.15) is 0 Å². The molecule has 0 spiro atoms. The van der Waals surface area contributed by atoms with E-state index in [9.17, 15) is 4.79 Å². The Morgan fingerprint density at radius 2 is 1.19 bits per heavy atom. The van der Waals surface area contributed by atoms with Crippen LogP contribution in [0.5, 0.6) is 0 Å². The zero-order chi connectivity index (χ0) is 14.9. The van der Waals surface area contributed by atoms with Crippen molar-refractivity contribution in [3.05, 3.63) is 12.2 Å². The first-order valence-electron chi connectivity index (χ1n) is 8.64. The van der Waals surface area contributed by atoms with E-state index in [0.29, 0.717) is 6.42 Å². The maximum atomic E-state index is 10.3. The normalized spacial score (nSPS) is 10.7. The molecule has 0 fully saturated rings. The summed E-state index contributed by atoms with van der Waals surface area (Å²) in [6, 6.07) is 0. The Labute approximate surface area is 165 Å². The fraction of sp³-hybridized carbons (Fsp3) is 0.833. The molecule has 0 radical (unpaired) electrons. The number of carboxylic acid groups (broad SMARTS) is 1. The number of hydrogen-bond acceptors (Lipinski definition) is 1. The molecular weight excluding hydrogens is 388 g/mol. The largest absolute Gasteiger partial charge is 0.481 e. The van der Waals surface area contributed by atoms with Gasteiger partial charge in [-0.3, -0.25) is 4.79 Å². The molecule has 122 valence electrons. The van der Waals surface area contributed by atoms with Gasteiger partial charge in [0.2, 0.25) is 0 Å². The molecule has 0 aliphatic heterocycles. The Hall–Kier alpha value is 0.587. The SMILES string of the molecule is CCCCCCCC/C=C\CCCCCCCC(=O)O.[Ce]. The van der Waals surface area contributed by atoms with E-state index in [1.165, 1.54) is 70.6 Å². The molecule has 0 atom stereocenters. The number of rotatable bonds is 15. The smallest absolute Gasteiger partial charge is 0.303 e. The van der Waals surface area contributed by atoms with E-state index in [1.54, 1.807) is 0 Å². The molecular formula is C18H34CeO2. The monoisotopic (exact) mass is 422 g/mol. The molecule has 0 aliphatic rings. The molecule has 0 rings (SSSR count). The Morgan fingerprint density at radius 1 is 0.762 bits per heavy atom. The summed E-state index contributed by atoms with van der Waals surface area (Å²) in [7, 11) is 0. The number of allylic oxidation sites excluding steroid dienone is 2. The third-order valence-corrected chi connectivity index (χ3v) is 3.65. The van der Waals surface area contributed by atoms with Crippen LogP contribution in [-0.2, 0) is 4.79 Å². The first-order valence-corrected chi connectivity index (χ1v) is 8.64. The molecule has 0 aromatic carbocycles. The van der Waals surface area contributed by atoms with Gasteiger partial charge in [0.05, 0.1) is 0 Å². The summed E-state index contributed by atoms with van der Waals surface area (Å²) in [5.41, 5.74) is 0. The summed E-state index contributed by atoms with van der Waals surface area (Å²) in [6.45, 7) is 2.26. The predicted molar refractivity (Wildman–Crippen MR) is 87.1 cm³/mol. The van der Waals surface area contributed by atoms with Crippen molar-refractivity contribution in [3.8, 4) is 0 Å². The van der Waals surface area contributed by atoms with Gasteiger partial charge in [-0.25, -0.2) is 0 Å². The van der Waals surface area contributed by atoms with E-state index in [0.717, 1.165) is 12.8 Å². The Kier molecular flexibility index (Phi) is 23.4. The van der Waals surface area contributed by atoms with Gasteiger partial charge < -0.3 is 5.11 Å². The van der Waals surface area contributed by atoms with Gasteiger partial charge in [-0.1, -0.05) is 70.4 Å². The van der Waals surface area contributed by atoms with Crippen LogP contribution in [0, 0.1) is 41.7 Å². The maximum Gasteiger partial charge on any atom is 0.303 e. The van der Waals surface area contributed by atoms with Crippen molar-refractivity contribution in [2.45, 2.75) is 96.8 Å². The van der Waals surface area contributed by atoms with Crippen LogP contribution in [0.2, 0.25) is 0 Å². The number of carboxylic acids is 1. The maximum absolute atomic E-state index is 10.3. The standard InChI is InChI=1S/C18H34O2.Ce/c1-2-3-4-5-6-7-8-9-10-11-12-13-14-15-16-17-18(19)20;/h9-10H,2-8,11-17H2,1H3,(H,19,20);/b10-9-;. The molecule has 0 saturated heterocycles. The molecule has 1 N–H and O–H groups in total. The van der Waals surface area contributed by atoms with Gasteiger partial charge in [0.25, 0.3) is 0 Å². The molecule has 0 aromatic rings. The van der Waals surface area contributed by atoms with Crippen molar-refractivity contribution in [1.82, 2.24) is 0 Å². The second kappa shape index (κ2) is 20.6. The van der Waals surface area contributed by atoms with Crippen LogP contribution in [0.25, 0.3) is 0 Å². The van der Waals surface area contributed by atoms with E-state index in [1.807, 2.05) is 0 Å². The van der Waals surface area contributed by atoms with E-state index in [-0.39, 0.29) is 41.7 Å².